The second kappa shape index (κ2) is 6.49. The fraction of sp³-hybridized carbons (Fsp3) is 0.267. The molecule has 0 unspecified atom stereocenters. The molecule has 0 aliphatic carbocycles. The van der Waals surface area contributed by atoms with Gasteiger partial charge in [-0.2, -0.15) is 0 Å². The number of H-pyrrole nitrogens is 1. The molecule has 0 saturated heterocycles. The van der Waals surface area contributed by atoms with Gasteiger partial charge < -0.3 is 9.88 Å². The predicted molar refractivity (Wildman–Crippen MR) is 85.8 cm³/mol. The highest BCUT2D eigenvalue weighted by atomic mass is 32.1. The number of aromatic amines is 1. The van der Waals surface area contributed by atoms with Crippen molar-refractivity contribution >= 4 is 29.0 Å². The average molecular weight is 303 g/mol. The van der Waals surface area contributed by atoms with E-state index in [9.17, 15) is 9.59 Å². The van der Waals surface area contributed by atoms with Crippen molar-refractivity contribution in [2.45, 2.75) is 13.0 Å². The molecule has 0 aliphatic heterocycles. The Morgan fingerprint density at radius 2 is 2.19 bits per heavy atom. The lowest BCUT2D eigenvalue weighted by Crippen LogP contribution is -2.30. The summed E-state index contributed by atoms with van der Waals surface area (Å²) in [6.07, 6.45) is 1.88. The molecular formula is C15H17N3O2S. The first kappa shape index (κ1) is 15.2. The number of hydrogen-bond donors (Lipinski definition) is 1. The molecule has 1 heterocycles. The van der Waals surface area contributed by atoms with Crippen molar-refractivity contribution in [2.75, 3.05) is 13.6 Å². The highest BCUT2D eigenvalue weighted by molar-refractivity contribution is 7.71. The first-order valence-electron chi connectivity index (χ1n) is 6.61. The minimum atomic E-state index is -0.173. The molecule has 0 fully saturated rings. The van der Waals surface area contributed by atoms with Crippen LogP contribution in [0.5, 0.6) is 0 Å². The number of aromatic nitrogens is 2. The summed E-state index contributed by atoms with van der Waals surface area (Å²) in [5.74, 6) is -0.0515. The minimum Gasteiger partial charge on any atom is -0.342 e. The molecule has 0 spiro atoms. The summed E-state index contributed by atoms with van der Waals surface area (Å²) in [6.45, 7) is 4.34. The molecule has 1 aromatic heterocycles. The highest BCUT2D eigenvalue weighted by Gasteiger charge is 2.10. The number of para-hydroxylation sites is 1. The van der Waals surface area contributed by atoms with Crippen LogP contribution in [0.3, 0.4) is 0 Å². The maximum Gasteiger partial charge on any atom is 0.262 e. The lowest BCUT2D eigenvalue weighted by molar-refractivity contribution is -0.129. The van der Waals surface area contributed by atoms with Gasteiger partial charge in [0.1, 0.15) is 0 Å². The quantitative estimate of drug-likeness (QED) is 0.680. The van der Waals surface area contributed by atoms with Gasteiger partial charge in [0.2, 0.25) is 5.91 Å². The maximum atomic E-state index is 12.4. The zero-order chi connectivity index (χ0) is 15.4. The molecular weight excluding hydrogens is 286 g/mol. The Hall–Kier alpha value is -2.21. The van der Waals surface area contributed by atoms with Crippen LogP contribution in [0, 0.1) is 4.77 Å². The number of likely N-dealkylation sites (N-methyl/N-ethyl adjacent to an activating group) is 1. The number of benzene rings is 1. The third kappa shape index (κ3) is 3.28. The molecule has 0 radical (unpaired) electrons. The molecule has 1 amide bonds. The number of carbonyl (C=O) groups excluding carboxylic acids is 1. The summed E-state index contributed by atoms with van der Waals surface area (Å²) >= 11 is 5.20. The minimum absolute atomic E-state index is 0.0515. The Bertz CT molecular complexity index is 791. The van der Waals surface area contributed by atoms with Crippen LogP contribution in [0.4, 0.5) is 0 Å². The molecule has 1 N–H and O–H groups in total. The molecule has 0 atom stereocenters. The number of rotatable bonds is 5. The van der Waals surface area contributed by atoms with Crippen molar-refractivity contribution in [2.24, 2.45) is 0 Å². The molecule has 2 rings (SSSR count). The third-order valence-corrected chi connectivity index (χ3v) is 3.59. The number of fused-ring (bicyclic) bond motifs is 1. The van der Waals surface area contributed by atoms with Gasteiger partial charge in [0, 0.05) is 26.6 Å². The number of nitrogens with zero attached hydrogens (tertiary/aromatic N) is 2. The molecule has 2 aromatic rings. The van der Waals surface area contributed by atoms with Gasteiger partial charge in [-0.3, -0.25) is 14.2 Å². The molecule has 21 heavy (non-hydrogen) atoms. The van der Waals surface area contributed by atoms with Crippen molar-refractivity contribution in [3.63, 3.8) is 0 Å². The summed E-state index contributed by atoms with van der Waals surface area (Å²) in [6, 6.07) is 7.18. The van der Waals surface area contributed by atoms with Gasteiger partial charge >= 0.3 is 0 Å². The van der Waals surface area contributed by atoms with Crippen LogP contribution in [-0.4, -0.2) is 34.0 Å². The highest BCUT2D eigenvalue weighted by Crippen LogP contribution is 2.06. The standard InChI is InChI=1S/C15H17N3O2S/c1-3-9-17(2)13(19)8-10-18-14(20)11-6-4-5-7-12(11)16-15(18)21/h3-7H,1,8-10H2,2H3,(H,16,21). The van der Waals surface area contributed by atoms with Crippen LogP contribution >= 0.6 is 12.2 Å². The Labute approximate surface area is 127 Å². The van der Waals surface area contributed by atoms with Gasteiger partial charge in [0.05, 0.1) is 10.9 Å². The van der Waals surface area contributed by atoms with E-state index in [1.54, 1.807) is 36.2 Å². The van der Waals surface area contributed by atoms with E-state index in [2.05, 4.69) is 11.6 Å². The summed E-state index contributed by atoms with van der Waals surface area (Å²) < 4.78 is 1.76. The summed E-state index contributed by atoms with van der Waals surface area (Å²) in [7, 11) is 1.70. The van der Waals surface area contributed by atoms with E-state index in [4.69, 9.17) is 12.2 Å². The van der Waals surface area contributed by atoms with Crippen LogP contribution < -0.4 is 5.56 Å². The number of hydrogen-bond acceptors (Lipinski definition) is 3. The predicted octanol–water partition coefficient (Wildman–Crippen LogP) is 2.09. The summed E-state index contributed by atoms with van der Waals surface area (Å²) in [4.78, 5) is 28.9. The zero-order valence-electron chi connectivity index (χ0n) is 11.8. The number of carbonyl (C=O) groups is 1. The first-order valence-corrected chi connectivity index (χ1v) is 7.02. The average Bonchev–Trinajstić information content (AvgIpc) is 2.47. The fourth-order valence-electron chi connectivity index (χ4n) is 2.10. The van der Waals surface area contributed by atoms with Crippen molar-refractivity contribution < 1.29 is 4.79 Å². The van der Waals surface area contributed by atoms with Gasteiger partial charge in [0.25, 0.3) is 5.56 Å². The van der Waals surface area contributed by atoms with Gasteiger partial charge in [-0.15, -0.1) is 6.58 Å². The molecule has 0 bridgehead atoms. The molecule has 6 heteroatoms. The van der Waals surface area contributed by atoms with Crippen LogP contribution in [0.1, 0.15) is 6.42 Å². The summed E-state index contributed by atoms with van der Waals surface area (Å²) in [5.41, 5.74) is 0.535. The van der Waals surface area contributed by atoms with Crippen LogP contribution in [-0.2, 0) is 11.3 Å². The normalized spacial score (nSPS) is 10.5. The van der Waals surface area contributed by atoms with E-state index in [1.165, 1.54) is 4.57 Å². The number of nitrogens with one attached hydrogen (secondary N) is 1. The molecule has 0 saturated carbocycles. The lowest BCUT2D eigenvalue weighted by Gasteiger charge is -2.15. The van der Waals surface area contributed by atoms with Gasteiger partial charge in [-0.25, -0.2) is 0 Å². The summed E-state index contributed by atoms with van der Waals surface area (Å²) in [5, 5.41) is 0.568. The second-order valence-corrected chi connectivity index (χ2v) is 5.13. The smallest absolute Gasteiger partial charge is 0.262 e. The Morgan fingerprint density at radius 1 is 1.48 bits per heavy atom. The van der Waals surface area contributed by atoms with Crippen molar-refractivity contribution in [1.82, 2.24) is 14.5 Å². The van der Waals surface area contributed by atoms with E-state index < -0.39 is 0 Å². The SMILES string of the molecule is C=CCN(C)C(=O)CCn1c(=S)[nH]c2ccccc2c1=O. The largest absolute Gasteiger partial charge is 0.342 e. The lowest BCUT2D eigenvalue weighted by atomic mass is 10.2. The van der Waals surface area contributed by atoms with Crippen LogP contribution in [0.2, 0.25) is 0 Å². The zero-order valence-corrected chi connectivity index (χ0v) is 12.7. The van der Waals surface area contributed by atoms with Gasteiger partial charge in [0.15, 0.2) is 4.77 Å². The Balaban J connectivity index is 2.27. The maximum absolute atomic E-state index is 12.4. The van der Waals surface area contributed by atoms with Crippen molar-refractivity contribution in [3.05, 3.63) is 52.0 Å². The van der Waals surface area contributed by atoms with Gasteiger partial charge in [-0.05, 0) is 24.4 Å². The molecule has 5 nitrogen and oxygen atoms in total. The topological polar surface area (TPSA) is 58.1 Å². The molecule has 1 aromatic carbocycles. The van der Waals surface area contributed by atoms with E-state index in [0.29, 0.717) is 22.2 Å². The van der Waals surface area contributed by atoms with Crippen LogP contribution in [0.25, 0.3) is 10.9 Å². The molecule has 0 aliphatic rings. The van der Waals surface area contributed by atoms with E-state index in [0.717, 1.165) is 0 Å². The second-order valence-electron chi connectivity index (χ2n) is 4.75. The van der Waals surface area contributed by atoms with Crippen molar-refractivity contribution in [1.29, 1.82) is 0 Å². The fourth-order valence-corrected chi connectivity index (χ4v) is 2.38. The Kier molecular flexibility index (Phi) is 4.70. The number of amides is 1. The first-order chi connectivity index (χ1) is 10.0. The van der Waals surface area contributed by atoms with Crippen molar-refractivity contribution in [3.8, 4) is 0 Å². The Morgan fingerprint density at radius 3 is 2.90 bits per heavy atom. The van der Waals surface area contributed by atoms with E-state index in [1.807, 2.05) is 6.07 Å². The third-order valence-electron chi connectivity index (χ3n) is 3.27. The van der Waals surface area contributed by atoms with E-state index >= 15 is 0 Å². The monoisotopic (exact) mass is 303 g/mol. The van der Waals surface area contributed by atoms with Crippen LogP contribution in [0.15, 0.2) is 41.7 Å². The molecule has 110 valence electrons. The van der Waals surface area contributed by atoms with Gasteiger partial charge in [-0.1, -0.05) is 18.2 Å². The van der Waals surface area contributed by atoms with E-state index in [-0.39, 0.29) is 24.4 Å².